The van der Waals surface area contributed by atoms with Crippen LogP contribution in [0, 0.1) is 39.4 Å². The molecule has 10 nitrogen and oxygen atoms in total. The normalized spacial score (nSPS) is 12.8. The number of pyridine rings is 2. The summed E-state index contributed by atoms with van der Waals surface area (Å²) in [4.78, 5) is 8.54. The van der Waals surface area contributed by atoms with Crippen LogP contribution in [0.15, 0.2) is 73.3 Å². The molecule has 0 saturated carbocycles. The molecule has 0 bridgehead atoms. The molecular formula is C31H26N10. The van der Waals surface area contributed by atoms with Crippen LogP contribution in [-0.2, 0) is 0 Å². The van der Waals surface area contributed by atoms with Crippen molar-refractivity contribution in [3.8, 4) is 23.9 Å². The number of hydrogen-bond donors (Lipinski definition) is 2. The van der Waals surface area contributed by atoms with E-state index in [2.05, 4.69) is 69.9 Å². The monoisotopic (exact) mass is 539 g/mol. The highest BCUT2D eigenvalue weighted by molar-refractivity contribution is 5.99. The number of anilines is 2. The van der Waals surface area contributed by atoms with Crippen molar-refractivity contribution in [1.82, 2.24) is 25.0 Å². The number of hydrogen-bond acceptors (Lipinski definition) is 9. The summed E-state index contributed by atoms with van der Waals surface area (Å²) in [6, 6.07) is 18.4. The van der Waals surface area contributed by atoms with Gasteiger partial charge in [0.1, 0.15) is 17.8 Å². The molecule has 0 spiro atoms. The highest BCUT2D eigenvalue weighted by Crippen LogP contribution is 2.34. The van der Waals surface area contributed by atoms with Gasteiger partial charge in [0.05, 0.1) is 59.4 Å². The fraction of sp³-hybridized carbons (Fsp3) is 0.194. The lowest BCUT2D eigenvalue weighted by atomic mass is 9.96. The molecule has 5 rings (SSSR count). The lowest BCUT2D eigenvalue weighted by Gasteiger charge is -2.22. The maximum atomic E-state index is 10.0. The van der Waals surface area contributed by atoms with E-state index < -0.39 is 6.02 Å². The van der Waals surface area contributed by atoms with E-state index in [9.17, 15) is 17.2 Å². The molecule has 2 N–H and O–H groups in total. The van der Waals surface area contributed by atoms with Crippen molar-refractivity contribution in [2.45, 2.75) is 26.8 Å². The summed E-state index contributed by atoms with van der Waals surface area (Å²) in [5.41, 5.74) is 3.65. The lowest BCUT2D eigenvalue weighted by Crippen LogP contribution is -2.20. The second kappa shape index (κ2) is 11.1. The van der Waals surface area contributed by atoms with Gasteiger partial charge in [-0.15, -0.1) is 5.10 Å². The fourth-order valence-corrected chi connectivity index (χ4v) is 4.26. The first-order chi connectivity index (χ1) is 20.1. The van der Waals surface area contributed by atoms with Crippen LogP contribution in [0.3, 0.4) is 0 Å². The van der Waals surface area contributed by atoms with Crippen molar-refractivity contribution < 1.29 is 1.37 Å². The Morgan fingerprint density at radius 1 is 1.00 bits per heavy atom. The van der Waals surface area contributed by atoms with E-state index in [1.54, 1.807) is 61.1 Å². The Morgan fingerprint density at radius 2 is 1.83 bits per heavy atom. The van der Waals surface area contributed by atoms with Gasteiger partial charge in [-0.25, -0.2) is 4.68 Å². The molecule has 1 unspecified atom stereocenters. The molecule has 200 valence electrons. The molecule has 41 heavy (non-hydrogen) atoms. The molecular weight excluding hydrogens is 512 g/mol. The SMILES string of the molecule is [2H]C(Nc1cc(C#N)c2ncc(C#N)c(NCC(C)(C)C)c2c1)(c1cccc(C#N)c1)c1cn(-c2cccnc2)nn1. The van der Waals surface area contributed by atoms with Crippen LogP contribution in [0.5, 0.6) is 0 Å². The Morgan fingerprint density at radius 3 is 2.54 bits per heavy atom. The van der Waals surface area contributed by atoms with Crippen LogP contribution in [0.4, 0.5) is 11.4 Å². The number of nitrogens with one attached hydrogen (secondary N) is 2. The zero-order valence-electron chi connectivity index (χ0n) is 23.7. The smallest absolute Gasteiger partial charge is 0.110 e. The molecule has 1 atom stereocenters. The third kappa shape index (κ3) is 5.80. The Hall–Kier alpha value is -5.79. The van der Waals surface area contributed by atoms with Gasteiger partial charge in [-0.3, -0.25) is 9.97 Å². The average Bonchev–Trinajstić information content (AvgIpc) is 3.50. The number of benzene rings is 2. The predicted octanol–water partition coefficient (Wildman–Crippen LogP) is 5.49. The Balaban J connectivity index is 1.68. The Labute approximate surface area is 238 Å². The zero-order valence-corrected chi connectivity index (χ0v) is 22.7. The summed E-state index contributed by atoms with van der Waals surface area (Å²) in [6.45, 7) is 6.80. The van der Waals surface area contributed by atoms with Gasteiger partial charge in [0.25, 0.3) is 0 Å². The van der Waals surface area contributed by atoms with Crippen LogP contribution in [0.2, 0.25) is 0 Å². The molecule has 2 aromatic carbocycles. The minimum Gasteiger partial charge on any atom is -0.383 e. The second-order valence-corrected chi connectivity index (χ2v) is 10.6. The van der Waals surface area contributed by atoms with Crippen molar-refractivity contribution in [2.24, 2.45) is 5.41 Å². The number of aromatic nitrogens is 5. The van der Waals surface area contributed by atoms with Crippen LogP contribution < -0.4 is 10.6 Å². The van der Waals surface area contributed by atoms with Gasteiger partial charge in [-0.1, -0.05) is 38.1 Å². The maximum Gasteiger partial charge on any atom is 0.110 e. The van der Waals surface area contributed by atoms with E-state index >= 15 is 0 Å². The molecule has 0 aliphatic rings. The lowest BCUT2D eigenvalue weighted by molar-refractivity contribution is 0.443. The molecule has 0 radical (unpaired) electrons. The van der Waals surface area contributed by atoms with Crippen LogP contribution in [-0.4, -0.2) is 31.5 Å². The topological polar surface area (TPSA) is 152 Å². The van der Waals surface area contributed by atoms with Crippen LogP contribution in [0.1, 0.15) is 56.1 Å². The fourth-order valence-electron chi connectivity index (χ4n) is 4.26. The van der Waals surface area contributed by atoms with Crippen LogP contribution >= 0.6 is 0 Å². The predicted molar refractivity (Wildman–Crippen MR) is 155 cm³/mol. The maximum absolute atomic E-state index is 10.0. The Kier molecular flexibility index (Phi) is 6.92. The Bertz CT molecular complexity index is 1910. The molecule has 0 fully saturated rings. The summed E-state index contributed by atoms with van der Waals surface area (Å²) < 4.78 is 11.2. The van der Waals surface area contributed by atoms with E-state index in [0.717, 1.165) is 0 Å². The first kappa shape index (κ1) is 25.5. The molecule has 0 aliphatic carbocycles. The molecule has 0 saturated heterocycles. The van der Waals surface area contributed by atoms with Crippen molar-refractivity contribution >= 4 is 22.3 Å². The average molecular weight is 540 g/mol. The van der Waals surface area contributed by atoms with Crippen molar-refractivity contribution in [2.75, 3.05) is 17.2 Å². The number of nitriles is 3. The highest BCUT2D eigenvalue weighted by Gasteiger charge is 2.22. The summed E-state index contributed by atoms with van der Waals surface area (Å²) in [5.74, 6) is 0. The van der Waals surface area contributed by atoms with Gasteiger partial charge in [0.2, 0.25) is 0 Å². The summed E-state index contributed by atoms with van der Waals surface area (Å²) in [7, 11) is 0. The van der Waals surface area contributed by atoms with E-state index in [4.69, 9.17) is 0 Å². The van der Waals surface area contributed by atoms with Crippen molar-refractivity contribution in [3.05, 3.63) is 101 Å². The van der Waals surface area contributed by atoms with E-state index in [-0.39, 0.29) is 16.7 Å². The van der Waals surface area contributed by atoms with Gasteiger partial charge in [-0.2, -0.15) is 15.8 Å². The van der Waals surface area contributed by atoms with Gasteiger partial charge in [0, 0.05) is 30.0 Å². The molecule has 3 heterocycles. The standard InChI is InChI=1S/C31H26N10/c1-31(2,3)19-37-29-23(15-34)16-36-28-22(14-33)11-24(12-26(28)29)38-30(21-7-4-6-20(10-21)13-32)27-18-41(40-39-27)25-8-5-9-35-17-25/h4-12,16-18,30,38H,19H2,1-3H3,(H,36,37)/i30D. The molecule has 0 amide bonds. The first-order valence-corrected chi connectivity index (χ1v) is 12.8. The number of fused-ring (bicyclic) bond motifs is 1. The van der Waals surface area contributed by atoms with Gasteiger partial charge in [-0.05, 0) is 47.4 Å². The van der Waals surface area contributed by atoms with Gasteiger partial charge in [0.15, 0.2) is 0 Å². The molecule has 10 heteroatoms. The minimum absolute atomic E-state index is 0.0849. The number of nitrogens with zero attached hydrogens (tertiary/aromatic N) is 8. The summed E-state index contributed by atoms with van der Waals surface area (Å²) in [6.07, 6.45) is 6.35. The molecule has 0 aliphatic heterocycles. The van der Waals surface area contributed by atoms with Gasteiger partial charge < -0.3 is 10.6 Å². The zero-order chi connectivity index (χ0) is 29.9. The quantitative estimate of drug-likeness (QED) is 0.273. The van der Waals surface area contributed by atoms with E-state index in [1.165, 1.54) is 10.9 Å². The van der Waals surface area contributed by atoms with Crippen molar-refractivity contribution in [3.63, 3.8) is 0 Å². The van der Waals surface area contributed by atoms with Crippen molar-refractivity contribution in [1.29, 1.82) is 15.8 Å². The number of rotatable bonds is 7. The summed E-state index contributed by atoms with van der Waals surface area (Å²) >= 11 is 0. The van der Waals surface area contributed by atoms with Crippen LogP contribution in [0.25, 0.3) is 16.6 Å². The third-order valence-electron chi connectivity index (χ3n) is 6.22. The van der Waals surface area contributed by atoms with E-state index in [0.29, 0.717) is 51.2 Å². The third-order valence-corrected chi connectivity index (χ3v) is 6.22. The minimum atomic E-state index is -1.73. The molecule has 5 aromatic rings. The second-order valence-electron chi connectivity index (χ2n) is 10.6. The van der Waals surface area contributed by atoms with Gasteiger partial charge >= 0.3 is 0 Å². The highest BCUT2D eigenvalue weighted by atomic mass is 15.4. The largest absolute Gasteiger partial charge is 0.383 e. The van der Waals surface area contributed by atoms with E-state index in [1.807, 2.05) is 6.07 Å². The first-order valence-electron chi connectivity index (χ1n) is 13.3. The summed E-state index contributed by atoms with van der Waals surface area (Å²) in [5, 5.41) is 45.2. The molecule has 3 aromatic heterocycles.